The van der Waals surface area contributed by atoms with Crippen LogP contribution in [0.5, 0.6) is 0 Å². The van der Waals surface area contributed by atoms with Crippen LogP contribution in [-0.4, -0.2) is 52.3 Å². The summed E-state index contributed by atoms with van der Waals surface area (Å²) in [5.41, 5.74) is 0. The molecule has 14 heavy (non-hydrogen) atoms. The second-order valence-corrected chi connectivity index (χ2v) is 4.26. The van der Waals surface area contributed by atoms with Gasteiger partial charge in [-0.15, -0.1) is 0 Å². The number of ether oxygens (including phenoxy) is 1. The fraction of sp³-hybridized carbons (Fsp3) is 1.00. The Morgan fingerprint density at radius 1 is 1.29 bits per heavy atom. The van der Waals surface area contributed by atoms with Crippen molar-refractivity contribution < 1.29 is 4.74 Å². The standard InChI is InChI=1S/C11H26N2O/c1-11(10-14-4)6-8-12-7-5-9-13(2)3/h11-12H,5-10H2,1-4H3. The van der Waals surface area contributed by atoms with Crippen LogP contribution >= 0.6 is 0 Å². The molecule has 0 bridgehead atoms. The van der Waals surface area contributed by atoms with E-state index in [1.165, 1.54) is 19.4 Å². The number of rotatable bonds is 9. The Bertz CT molecular complexity index is 118. The predicted molar refractivity (Wildman–Crippen MR) is 61.7 cm³/mol. The molecule has 0 radical (unpaired) electrons. The minimum atomic E-state index is 0.668. The lowest BCUT2D eigenvalue weighted by molar-refractivity contribution is 0.155. The third-order valence-corrected chi connectivity index (χ3v) is 2.22. The van der Waals surface area contributed by atoms with Crippen molar-refractivity contribution in [2.75, 3.05) is 47.4 Å². The Balaban J connectivity index is 3.05. The molecule has 0 rings (SSSR count). The summed E-state index contributed by atoms with van der Waals surface area (Å²) in [7, 11) is 5.99. The Kier molecular flexibility index (Phi) is 9.35. The number of methoxy groups -OCH3 is 1. The summed E-state index contributed by atoms with van der Waals surface area (Å²) >= 11 is 0. The van der Waals surface area contributed by atoms with Crippen LogP contribution in [0.4, 0.5) is 0 Å². The fourth-order valence-electron chi connectivity index (χ4n) is 1.36. The average molecular weight is 202 g/mol. The maximum absolute atomic E-state index is 5.08. The van der Waals surface area contributed by atoms with Crippen LogP contribution in [0.25, 0.3) is 0 Å². The zero-order valence-corrected chi connectivity index (χ0v) is 10.2. The lowest BCUT2D eigenvalue weighted by Gasteiger charge is -2.12. The quantitative estimate of drug-likeness (QED) is 0.569. The number of nitrogens with one attached hydrogen (secondary N) is 1. The summed E-state index contributed by atoms with van der Waals surface area (Å²) in [6, 6.07) is 0. The van der Waals surface area contributed by atoms with E-state index >= 15 is 0 Å². The monoisotopic (exact) mass is 202 g/mol. The highest BCUT2D eigenvalue weighted by atomic mass is 16.5. The molecular weight excluding hydrogens is 176 g/mol. The Labute approximate surface area is 88.8 Å². The summed E-state index contributed by atoms with van der Waals surface area (Å²) in [4.78, 5) is 2.22. The molecule has 0 heterocycles. The molecule has 0 aliphatic carbocycles. The van der Waals surface area contributed by atoms with E-state index in [1.54, 1.807) is 7.11 Å². The van der Waals surface area contributed by atoms with E-state index in [2.05, 4.69) is 31.2 Å². The molecule has 0 spiro atoms. The normalized spacial score (nSPS) is 13.5. The molecule has 0 aromatic rings. The van der Waals surface area contributed by atoms with E-state index in [9.17, 15) is 0 Å². The van der Waals surface area contributed by atoms with Crippen LogP contribution in [-0.2, 0) is 4.74 Å². The average Bonchev–Trinajstić information content (AvgIpc) is 2.11. The summed E-state index contributed by atoms with van der Waals surface area (Å²) in [5.74, 6) is 0.668. The molecule has 1 atom stereocenters. The minimum absolute atomic E-state index is 0.668. The van der Waals surface area contributed by atoms with Crippen LogP contribution in [0.1, 0.15) is 19.8 Å². The van der Waals surface area contributed by atoms with Crippen LogP contribution < -0.4 is 5.32 Å². The van der Waals surface area contributed by atoms with Crippen molar-refractivity contribution in [2.24, 2.45) is 5.92 Å². The Morgan fingerprint density at radius 3 is 2.57 bits per heavy atom. The number of hydrogen-bond donors (Lipinski definition) is 1. The maximum atomic E-state index is 5.08. The molecule has 86 valence electrons. The summed E-state index contributed by atoms with van der Waals surface area (Å²) in [6.45, 7) is 6.50. The molecule has 0 saturated heterocycles. The van der Waals surface area contributed by atoms with E-state index in [4.69, 9.17) is 4.74 Å². The molecule has 0 fully saturated rings. The van der Waals surface area contributed by atoms with Crippen LogP contribution in [0.2, 0.25) is 0 Å². The van der Waals surface area contributed by atoms with Crippen molar-refractivity contribution in [3.8, 4) is 0 Å². The lowest BCUT2D eigenvalue weighted by Crippen LogP contribution is -2.23. The topological polar surface area (TPSA) is 24.5 Å². The molecule has 0 aliphatic rings. The highest BCUT2D eigenvalue weighted by Gasteiger charge is 1.99. The first kappa shape index (κ1) is 13.9. The van der Waals surface area contributed by atoms with Gasteiger partial charge in [-0.05, 0) is 52.5 Å². The van der Waals surface area contributed by atoms with Gasteiger partial charge in [0, 0.05) is 13.7 Å². The van der Waals surface area contributed by atoms with Gasteiger partial charge in [0.2, 0.25) is 0 Å². The molecule has 0 aliphatic heterocycles. The van der Waals surface area contributed by atoms with Gasteiger partial charge in [0.15, 0.2) is 0 Å². The van der Waals surface area contributed by atoms with Crippen molar-refractivity contribution in [1.82, 2.24) is 10.2 Å². The van der Waals surface area contributed by atoms with E-state index in [0.29, 0.717) is 5.92 Å². The first-order valence-electron chi connectivity index (χ1n) is 5.51. The van der Waals surface area contributed by atoms with E-state index in [1.807, 2.05) is 0 Å². The van der Waals surface area contributed by atoms with Crippen molar-refractivity contribution in [1.29, 1.82) is 0 Å². The molecule has 1 N–H and O–H groups in total. The van der Waals surface area contributed by atoms with E-state index in [0.717, 1.165) is 19.7 Å². The first-order valence-corrected chi connectivity index (χ1v) is 5.51. The van der Waals surface area contributed by atoms with Gasteiger partial charge in [0.05, 0.1) is 0 Å². The van der Waals surface area contributed by atoms with Crippen molar-refractivity contribution in [3.05, 3.63) is 0 Å². The SMILES string of the molecule is COCC(C)CCNCCCN(C)C. The highest BCUT2D eigenvalue weighted by molar-refractivity contribution is 4.55. The number of nitrogens with zero attached hydrogens (tertiary/aromatic N) is 1. The van der Waals surface area contributed by atoms with Crippen molar-refractivity contribution in [3.63, 3.8) is 0 Å². The van der Waals surface area contributed by atoms with Gasteiger partial charge >= 0.3 is 0 Å². The first-order chi connectivity index (χ1) is 6.66. The van der Waals surface area contributed by atoms with Gasteiger partial charge in [0.25, 0.3) is 0 Å². The van der Waals surface area contributed by atoms with Crippen LogP contribution in [0, 0.1) is 5.92 Å². The second-order valence-electron chi connectivity index (χ2n) is 4.26. The predicted octanol–water partition coefficient (Wildman–Crippen LogP) is 1.20. The zero-order chi connectivity index (χ0) is 10.8. The van der Waals surface area contributed by atoms with Crippen molar-refractivity contribution in [2.45, 2.75) is 19.8 Å². The third kappa shape index (κ3) is 9.96. The van der Waals surface area contributed by atoms with Gasteiger partial charge in [-0.3, -0.25) is 0 Å². The van der Waals surface area contributed by atoms with E-state index in [-0.39, 0.29) is 0 Å². The van der Waals surface area contributed by atoms with Crippen LogP contribution in [0.3, 0.4) is 0 Å². The smallest absolute Gasteiger partial charge is 0.0488 e. The Morgan fingerprint density at radius 2 is 2.00 bits per heavy atom. The van der Waals surface area contributed by atoms with Gasteiger partial charge in [-0.1, -0.05) is 6.92 Å². The van der Waals surface area contributed by atoms with Gasteiger partial charge in [0.1, 0.15) is 0 Å². The lowest BCUT2D eigenvalue weighted by atomic mass is 10.1. The molecule has 0 aromatic heterocycles. The molecular formula is C11H26N2O. The Hall–Kier alpha value is -0.120. The fourth-order valence-corrected chi connectivity index (χ4v) is 1.36. The third-order valence-electron chi connectivity index (χ3n) is 2.22. The summed E-state index contributed by atoms with van der Waals surface area (Å²) in [5, 5.41) is 3.45. The second kappa shape index (κ2) is 9.44. The van der Waals surface area contributed by atoms with Gasteiger partial charge < -0.3 is 15.0 Å². The van der Waals surface area contributed by atoms with Gasteiger partial charge in [-0.2, -0.15) is 0 Å². The van der Waals surface area contributed by atoms with Gasteiger partial charge in [-0.25, -0.2) is 0 Å². The molecule has 3 heteroatoms. The molecule has 0 amide bonds. The largest absolute Gasteiger partial charge is 0.384 e. The minimum Gasteiger partial charge on any atom is -0.384 e. The molecule has 0 aromatic carbocycles. The zero-order valence-electron chi connectivity index (χ0n) is 10.2. The molecule has 0 saturated carbocycles. The number of hydrogen-bond acceptors (Lipinski definition) is 3. The van der Waals surface area contributed by atoms with Crippen LogP contribution in [0.15, 0.2) is 0 Å². The van der Waals surface area contributed by atoms with E-state index < -0.39 is 0 Å². The maximum Gasteiger partial charge on any atom is 0.0488 e. The summed E-state index contributed by atoms with van der Waals surface area (Å²) < 4.78 is 5.08. The highest BCUT2D eigenvalue weighted by Crippen LogP contribution is 1.99. The van der Waals surface area contributed by atoms with Crippen molar-refractivity contribution >= 4 is 0 Å². The summed E-state index contributed by atoms with van der Waals surface area (Å²) in [6.07, 6.45) is 2.43. The molecule has 3 nitrogen and oxygen atoms in total. The molecule has 1 unspecified atom stereocenters.